The van der Waals surface area contributed by atoms with Crippen LogP contribution in [0.15, 0.2) is 42.5 Å². The summed E-state index contributed by atoms with van der Waals surface area (Å²) in [5.74, 6) is -0.0289. The average Bonchev–Trinajstić information content (AvgIpc) is 2.68. The van der Waals surface area contributed by atoms with Crippen LogP contribution in [0.4, 0.5) is 0 Å². The molecule has 1 aliphatic heterocycles. The molecule has 1 aliphatic rings. The minimum Gasteiger partial charge on any atom is -0.482 e. The number of hydrogen-bond donors (Lipinski definition) is 1. The largest absolute Gasteiger partial charge is 0.482 e. The predicted octanol–water partition coefficient (Wildman–Crippen LogP) is 3.99. The first-order valence-electron chi connectivity index (χ1n) is 10.1. The van der Waals surface area contributed by atoms with Crippen molar-refractivity contribution in [2.75, 3.05) is 27.2 Å². The van der Waals surface area contributed by atoms with Crippen molar-refractivity contribution in [3.63, 3.8) is 0 Å². The average molecular weight is 416 g/mol. The Bertz CT molecular complexity index is 823. The van der Waals surface area contributed by atoms with Crippen LogP contribution in [0.2, 0.25) is 5.02 Å². The summed E-state index contributed by atoms with van der Waals surface area (Å²) in [5.41, 5.74) is 8.98. The number of nitrogens with zero attached hydrogens (tertiary/aromatic N) is 2. The number of ether oxygens (including phenoxy) is 1. The topological polar surface area (TPSA) is 58.8 Å². The fourth-order valence-electron chi connectivity index (χ4n) is 3.91. The first-order valence-corrected chi connectivity index (χ1v) is 10.5. The van der Waals surface area contributed by atoms with Crippen molar-refractivity contribution in [1.82, 2.24) is 9.80 Å². The fourth-order valence-corrected chi connectivity index (χ4v) is 4.17. The van der Waals surface area contributed by atoms with Gasteiger partial charge in [0, 0.05) is 19.1 Å². The third-order valence-electron chi connectivity index (χ3n) is 5.23. The Kier molecular flexibility index (Phi) is 7.53. The van der Waals surface area contributed by atoms with Crippen LogP contribution in [0.3, 0.4) is 0 Å². The molecule has 0 saturated carbocycles. The molecule has 0 aromatic heterocycles. The van der Waals surface area contributed by atoms with E-state index in [1.807, 2.05) is 18.2 Å². The number of carbonyl (C=O) groups is 1. The summed E-state index contributed by atoms with van der Waals surface area (Å²) in [6.45, 7) is 2.69. The quantitative estimate of drug-likeness (QED) is 0.708. The molecule has 0 aliphatic carbocycles. The van der Waals surface area contributed by atoms with Gasteiger partial charge in [0.1, 0.15) is 5.75 Å². The molecule has 1 fully saturated rings. The molecule has 2 N–H and O–H groups in total. The van der Waals surface area contributed by atoms with Gasteiger partial charge in [0.15, 0.2) is 6.61 Å². The van der Waals surface area contributed by atoms with E-state index in [0.717, 1.165) is 25.2 Å². The van der Waals surface area contributed by atoms with Gasteiger partial charge < -0.3 is 15.4 Å². The van der Waals surface area contributed by atoms with E-state index in [4.69, 9.17) is 22.1 Å². The maximum atomic E-state index is 10.9. The highest BCUT2D eigenvalue weighted by molar-refractivity contribution is 6.32. The monoisotopic (exact) mass is 415 g/mol. The van der Waals surface area contributed by atoms with Gasteiger partial charge in [-0.05, 0) is 62.3 Å². The second-order valence-electron chi connectivity index (χ2n) is 7.98. The Morgan fingerprint density at radius 3 is 2.55 bits per heavy atom. The molecule has 0 radical (unpaired) electrons. The summed E-state index contributed by atoms with van der Waals surface area (Å²) >= 11 is 6.34. The molecular weight excluding hydrogens is 386 g/mol. The molecule has 1 amide bonds. The Hall–Kier alpha value is -2.08. The summed E-state index contributed by atoms with van der Waals surface area (Å²) in [5, 5.41) is 0.505. The first kappa shape index (κ1) is 21.6. The fraction of sp³-hybridized carbons (Fsp3) is 0.435. The summed E-state index contributed by atoms with van der Waals surface area (Å²) in [7, 11) is 4.18. The maximum Gasteiger partial charge on any atom is 0.255 e. The van der Waals surface area contributed by atoms with Crippen LogP contribution in [-0.2, 0) is 17.9 Å². The summed E-state index contributed by atoms with van der Waals surface area (Å²) in [6.07, 6.45) is 3.63. The zero-order valence-corrected chi connectivity index (χ0v) is 18.0. The lowest BCUT2D eigenvalue weighted by Gasteiger charge is -2.36. The molecular formula is C23H30ClN3O2. The van der Waals surface area contributed by atoms with Gasteiger partial charge in [-0.1, -0.05) is 48.4 Å². The Morgan fingerprint density at radius 2 is 1.90 bits per heavy atom. The van der Waals surface area contributed by atoms with Crippen LogP contribution < -0.4 is 10.5 Å². The van der Waals surface area contributed by atoms with E-state index in [2.05, 4.69) is 48.2 Å². The molecule has 1 atom stereocenters. The van der Waals surface area contributed by atoms with Gasteiger partial charge in [0.05, 0.1) is 5.02 Å². The van der Waals surface area contributed by atoms with E-state index >= 15 is 0 Å². The van der Waals surface area contributed by atoms with Crippen molar-refractivity contribution >= 4 is 17.5 Å². The number of halogens is 1. The number of carbonyl (C=O) groups excluding carboxylic acids is 1. The third-order valence-corrected chi connectivity index (χ3v) is 5.52. The number of rotatable bonds is 8. The molecule has 0 spiro atoms. The lowest BCUT2D eigenvalue weighted by atomic mass is 9.94. The van der Waals surface area contributed by atoms with Crippen LogP contribution >= 0.6 is 11.6 Å². The normalized spacial score (nSPS) is 17.4. The number of likely N-dealkylation sites (tertiary alicyclic amines) is 1. The maximum absolute atomic E-state index is 10.9. The van der Waals surface area contributed by atoms with Gasteiger partial charge in [-0.15, -0.1) is 0 Å². The van der Waals surface area contributed by atoms with Crippen molar-refractivity contribution < 1.29 is 9.53 Å². The highest BCUT2D eigenvalue weighted by Crippen LogP contribution is 2.33. The number of primary amides is 1. The zero-order valence-electron chi connectivity index (χ0n) is 17.2. The highest BCUT2D eigenvalue weighted by atomic mass is 35.5. The molecule has 6 heteroatoms. The molecule has 2 aromatic rings. The van der Waals surface area contributed by atoms with Gasteiger partial charge in [0.2, 0.25) is 0 Å². The molecule has 2 aromatic carbocycles. The van der Waals surface area contributed by atoms with E-state index in [1.54, 1.807) is 0 Å². The minimum atomic E-state index is -0.516. The summed E-state index contributed by atoms with van der Waals surface area (Å²) in [6, 6.07) is 15.2. The lowest BCUT2D eigenvalue weighted by Crippen LogP contribution is -2.33. The van der Waals surface area contributed by atoms with Crippen LogP contribution in [0, 0.1) is 0 Å². The standard InChI is InChI=1S/C23H30ClN3O2/c1-26(2)14-17-6-9-19(10-7-17)21-5-3-4-12-27(21)15-18-8-11-22(20(24)13-18)29-16-23(25)28/h6-11,13,21H,3-5,12,14-16H2,1-2H3,(H2,25,28). The number of benzene rings is 2. The van der Waals surface area contributed by atoms with Gasteiger partial charge in [0.25, 0.3) is 5.91 Å². The van der Waals surface area contributed by atoms with E-state index in [1.165, 1.54) is 30.4 Å². The molecule has 1 saturated heterocycles. The van der Waals surface area contributed by atoms with E-state index in [0.29, 0.717) is 16.8 Å². The number of piperidine rings is 1. The van der Waals surface area contributed by atoms with Gasteiger partial charge in [-0.25, -0.2) is 0 Å². The molecule has 5 nitrogen and oxygen atoms in total. The smallest absolute Gasteiger partial charge is 0.255 e. The Labute approximate surface area is 178 Å². The molecule has 3 rings (SSSR count). The second kappa shape index (κ2) is 10.1. The summed E-state index contributed by atoms with van der Waals surface area (Å²) < 4.78 is 5.35. The molecule has 1 heterocycles. The van der Waals surface area contributed by atoms with Gasteiger partial charge >= 0.3 is 0 Å². The van der Waals surface area contributed by atoms with E-state index in [-0.39, 0.29) is 6.61 Å². The minimum absolute atomic E-state index is 0.170. The van der Waals surface area contributed by atoms with Crippen LogP contribution in [0.25, 0.3) is 0 Å². The first-order chi connectivity index (χ1) is 13.9. The van der Waals surface area contributed by atoms with Crippen LogP contribution in [-0.4, -0.2) is 43.0 Å². The molecule has 29 heavy (non-hydrogen) atoms. The van der Waals surface area contributed by atoms with Crippen molar-refractivity contribution in [3.8, 4) is 5.75 Å². The van der Waals surface area contributed by atoms with Crippen molar-refractivity contribution in [2.24, 2.45) is 5.73 Å². The SMILES string of the molecule is CN(C)Cc1ccc(C2CCCCN2Cc2ccc(OCC(N)=O)c(Cl)c2)cc1. The lowest BCUT2D eigenvalue weighted by molar-refractivity contribution is -0.119. The Balaban J connectivity index is 1.70. The predicted molar refractivity (Wildman–Crippen MR) is 117 cm³/mol. The molecule has 156 valence electrons. The van der Waals surface area contributed by atoms with Crippen molar-refractivity contribution in [1.29, 1.82) is 0 Å². The van der Waals surface area contributed by atoms with Crippen molar-refractivity contribution in [3.05, 3.63) is 64.2 Å². The number of nitrogens with two attached hydrogens (primary N) is 1. The van der Waals surface area contributed by atoms with Crippen LogP contribution in [0.1, 0.15) is 42.0 Å². The second-order valence-corrected chi connectivity index (χ2v) is 8.39. The van der Waals surface area contributed by atoms with E-state index in [9.17, 15) is 4.79 Å². The highest BCUT2D eigenvalue weighted by Gasteiger charge is 2.24. The number of amides is 1. The van der Waals surface area contributed by atoms with Gasteiger partial charge in [-0.3, -0.25) is 9.69 Å². The Morgan fingerprint density at radius 1 is 1.17 bits per heavy atom. The van der Waals surface area contributed by atoms with Crippen LogP contribution in [0.5, 0.6) is 5.75 Å². The summed E-state index contributed by atoms with van der Waals surface area (Å²) in [4.78, 5) is 15.6. The number of hydrogen-bond acceptors (Lipinski definition) is 4. The zero-order chi connectivity index (χ0) is 20.8. The molecule has 1 unspecified atom stereocenters. The third kappa shape index (κ3) is 6.20. The van der Waals surface area contributed by atoms with Crippen molar-refractivity contribution in [2.45, 2.75) is 38.4 Å². The molecule has 0 bridgehead atoms. The van der Waals surface area contributed by atoms with E-state index < -0.39 is 5.91 Å². The van der Waals surface area contributed by atoms with Gasteiger partial charge in [-0.2, -0.15) is 0 Å².